The number of hydrogen-bond donors (Lipinski definition) is 3. The monoisotopic (exact) mass is 312 g/mol. The number of hydrogen-bond acceptors (Lipinski definition) is 3. The zero-order valence-corrected chi connectivity index (χ0v) is 13.4. The molecular weight excluding hydrogens is 287 g/mol. The molecule has 0 aliphatic heterocycles. The van der Waals surface area contributed by atoms with Gasteiger partial charge >= 0.3 is 0 Å². The van der Waals surface area contributed by atoms with Gasteiger partial charge in [-0.1, -0.05) is 19.9 Å². The van der Waals surface area contributed by atoms with Crippen molar-refractivity contribution in [2.45, 2.75) is 46.1 Å². The Morgan fingerprint density at radius 1 is 1.45 bits per heavy atom. The largest absolute Gasteiger partial charge is 0.396 e. The van der Waals surface area contributed by atoms with E-state index in [9.17, 15) is 14.0 Å². The van der Waals surface area contributed by atoms with Crippen molar-refractivity contribution in [1.29, 1.82) is 0 Å². The summed E-state index contributed by atoms with van der Waals surface area (Å²) in [6, 6.07) is -0.270. The van der Waals surface area contributed by atoms with Crippen LogP contribution in [-0.4, -0.2) is 36.1 Å². The molecule has 1 rings (SSSR count). The van der Waals surface area contributed by atoms with Crippen molar-refractivity contribution in [2.75, 3.05) is 13.2 Å². The number of amides is 2. The summed E-state index contributed by atoms with van der Waals surface area (Å²) in [6.07, 6.45) is 4.01. The molecule has 0 saturated heterocycles. The average Bonchev–Trinajstić information content (AvgIpc) is 2.44. The van der Waals surface area contributed by atoms with Crippen LogP contribution in [0.3, 0.4) is 0 Å². The minimum absolute atomic E-state index is 0.0707. The van der Waals surface area contributed by atoms with Crippen LogP contribution in [0.2, 0.25) is 0 Å². The second-order valence-corrected chi connectivity index (χ2v) is 6.47. The van der Waals surface area contributed by atoms with Crippen LogP contribution in [0.15, 0.2) is 23.6 Å². The normalized spacial score (nSPS) is 16.4. The molecule has 5 nitrogen and oxygen atoms in total. The van der Waals surface area contributed by atoms with Gasteiger partial charge in [0.15, 0.2) is 0 Å². The number of carbonyl (C=O) groups excluding carboxylic acids is 2. The molecule has 1 atom stereocenters. The average molecular weight is 312 g/mol. The molecule has 0 saturated carbocycles. The first-order valence-electron chi connectivity index (χ1n) is 7.48. The van der Waals surface area contributed by atoms with E-state index in [0.29, 0.717) is 18.4 Å². The highest BCUT2D eigenvalue weighted by atomic mass is 19.1. The Morgan fingerprint density at radius 2 is 2.14 bits per heavy atom. The fourth-order valence-electron chi connectivity index (χ4n) is 2.00. The summed E-state index contributed by atoms with van der Waals surface area (Å²) < 4.78 is 13.1. The standard InChI is InChI=1S/C16H25FN2O3/c1-11(9-18-14(21)8-16(2,3)10-20)19-15(22)12-5-4-6-13(17)7-12/h5,7,11,20H,4,6,8-10H2,1-3H3,(H,18,21)(H,19,22)/t11-/m0/s1. The minimum atomic E-state index is -0.466. The van der Waals surface area contributed by atoms with Gasteiger partial charge in [0.2, 0.25) is 5.91 Å². The van der Waals surface area contributed by atoms with Crippen LogP contribution >= 0.6 is 0 Å². The summed E-state index contributed by atoms with van der Waals surface area (Å²) in [6.45, 7) is 5.57. The van der Waals surface area contributed by atoms with Crippen LogP contribution in [0.25, 0.3) is 0 Å². The molecular formula is C16H25FN2O3. The topological polar surface area (TPSA) is 78.4 Å². The highest BCUT2D eigenvalue weighted by Gasteiger charge is 2.21. The molecule has 6 heteroatoms. The van der Waals surface area contributed by atoms with E-state index in [-0.39, 0.29) is 43.3 Å². The summed E-state index contributed by atoms with van der Waals surface area (Å²) in [7, 11) is 0. The zero-order valence-electron chi connectivity index (χ0n) is 13.4. The number of rotatable bonds is 7. The van der Waals surface area contributed by atoms with E-state index in [1.54, 1.807) is 26.8 Å². The Balaban J connectivity index is 2.37. The summed E-state index contributed by atoms with van der Waals surface area (Å²) >= 11 is 0. The number of halogens is 1. The van der Waals surface area contributed by atoms with Gasteiger partial charge in [-0.15, -0.1) is 0 Å². The van der Waals surface area contributed by atoms with Gasteiger partial charge in [-0.05, 0) is 24.8 Å². The first-order valence-corrected chi connectivity index (χ1v) is 7.48. The van der Waals surface area contributed by atoms with Crippen LogP contribution in [0.1, 0.15) is 40.0 Å². The Hall–Kier alpha value is -1.69. The van der Waals surface area contributed by atoms with Crippen molar-refractivity contribution in [3.8, 4) is 0 Å². The van der Waals surface area contributed by atoms with Crippen LogP contribution in [-0.2, 0) is 9.59 Å². The number of aliphatic hydroxyl groups excluding tert-OH is 1. The molecule has 0 spiro atoms. The van der Waals surface area contributed by atoms with Crippen LogP contribution in [0.5, 0.6) is 0 Å². The van der Waals surface area contributed by atoms with Crippen molar-refractivity contribution < 1.29 is 19.1 Å². The van der Waals surface area contributed by atoms with E-state index in [1.165, 1.54) is 6.08 Å². The number of carbonyl (C=O) groups is 2. The van der Waals surface area contributed by atoms with E-state index < -0.39 is 5.41 Å². The zero-order chi connectivity index (χ0) is 16.8. The molecule has 124 valence electrons. The van der Waals surface area contributed by atoms with Crippen molar-refractivity contribution in [2.24, 2.45) is 5.41 Å². The van der Waals surface area contributed by atoms with Crippen molar-refractivity contribution in [3.63, 3.8) is 0 Å². The Kier molecular flexibility index (Phi) is 6.74. The molecule has 2 amide bonds. The molecule has 0 unspecified atom stereocenters. The van der Waals surface area contributed by atoms with Gasteiger partial charge < -0.3 is 15.7 Å². The van der Waals surface area contributed by atoms with Crippen LogP contribution in [0, 0.1) is 5.41 Å². The Bertz CT molecular complexity index is 484. The number of aliphatic hydroxyl groups is 1. The minimum Gasteiger partial charge on any atom is -0.396 e. The van der Waals surface area contributed by atoms with Crippen molar-refractivity contribution in [3.05, 3.63) is 23.6 Å². The second kappa shape index (κ2) is 8.08. The lowest BCUT2D eigenvalue weighted by Crippen LogP contribution is -2.43. The van der Waals surface area contributed by atoms with E-state index in [2.05, 4.69) is 10.6 Å². The Labute approximate surface area is 130 Å². The van der Waals surface area contributed by atoms with Crippen LogP contribution in [0.4, 0.5) is 4.39 Å². The molecule has 0 bridgehead atoms. The summed E-state index contributed by atoms with van der Waals surface area (Å²) in [5, 5.41) is 14.6. The molecule has 1 aliphatic carbocycles. The summed E-state index contributed by atoms with van der Waals surface area (Å²) in [4.78, 5) is 23.7. The van der Waals surface area contributed by atoms with Crippen LogP contribution < -0.4 is 10.6 Å². The van der Waals surface area contributed by atoms with Gasteiger partial charge in [-0.3, -0.25) is 9.59 Å². The molecule has 22 heavy (non-hydrogen) atoms. The molecule has 0 aromatic carbocycles. The summed E-state index contributed by atoms with van der Waals surface area (Å²) in [5.41, 5.74) is -0.144. The molecule has 3 N–H and O–H groups in total. The highest BCUT2D eigenvalue weighted by molar-refractivity contribution is 5.96. The second-order valence-electron chi connectivity index (χ2n) is 6.47. The maximum absolute atomic E-state index is 13.1. The van der Waals surface area contributed by atoms with Crippen molar-refractivity contribution in [1.82, 2.24) is 10.6 Å². The van der Waals surface area contributed by atoms with Gasteiger partial charge in [0.05, 0.1) is 0 Å². The number of nitrogens with one attached hydrogen (secondary N) is 2. The Morgan fingerprint density at radius 3 is 2.73 bits per heavy atom. The van der Waals surface area contributed by atoms with Gasteiger partial charge in [0.25, 0.3) is 5.91 Å². The first-order chi connectivity index (χ1) is 10.2. The van der Waals surface area contributed by atoms with E-state index >= 15 is 0 Å². The van der Waals surface area contributed by atoms with Gasteiger partial charge in [-0.25, -0.2) is 4.39 Å². The van der Waals surface area contributed by atoms with E-state index in [1.807, 2.05) is 0 Å². The molecule has 0 aromatic rings. The predicted molar refractivity (Wildman–Crippen MR) is 82.6 cm³/mol. The molecule has 0 radical (unpaired) electrons. The lowest BCUT2D eigenvalue weighted by Gasteiger charge is -2.22. The maximum Gasteiger partial charge on any atom is 0.251 e. The molecule has 0 heterocycles. The molecule has 1 aliphatic rings. The third-order valence-corrected chi connectivity index (χ3v) is 3.37. The van der Waals surface area contributed by atoms with E-state index in [4.69, 9.17) is 5.11 Å². The number of allylic oxidation sites excluding steroid dienone is 2. The third kappa shape index (κ3) is 6.39. The fraction of sp³-hybridized carbons (Fsp3) is 0.625. The smallest absolute Gasteiger partial charge is 0.251 e. The van der Waals surface area contributed by atoms with Gasteiger partial charge in [0.1, 0.15) is 5.83 Å². The van der Waals surface area contributed by atoms with Gasteiger partial charge in [-0.2, -0.15) is 0 Å². The lowest BCUT2D eigenvalue weighted by atomic mass is 9.90. The van der Waals surface area contributed by atoms with E-state index in [0.717, 1.165) is 0 Å². The predicted octanol–water partition coefficient (Wildman–Crippen LogP) is 1.59. The summed E-state index contributed by atoms with van der Waals surface area (Å²) in [5.74, 6) is -0.810. The maximum atomic E-state index is 13.1. The highest BCUT2D eigenvalue weighted by Crippen LogP contribution is 2.19. The lowest BCUT2D eigenvalue weighted by molar-refractivity contribution is -0.124. The van der Waals surface area contributed by atoms with Gasteiger partial charge in [0, 0.05) is 37.6 Å². The third-order valence-electron chi connectivity index (χ3n) is 3.37. The van der Waals surface area contributed by atoms with Crippen molar-refractivity contribution >= 4 is 11.8 Å². The molecule has 0 aromatic heterocycles. The quantitative estimate of drug-likeness (QED) is 0.668. The molecule has 0 fully saturated rings. The SMILES string of the molecule is C[C@@H](CNC(=O)CC(C)(C)CO)NC(=O)C1=CCCC(F)=C1. The first kappa shape index (κ1) is 18.4. The fourth-order valence-corrected chi connectivity index (χ4v) is 2.00.